The fourth-order valence-electron chi connectivity index (χ4n) is 5.63. The van der Waals surface area contributed by atoms with Gasteiger partial charge in [0, 0.05) is 25.3 Å². The maximum absolute atomic E-state index is 13.1. The van der Waals surface area contributed by atoms with Crippen LogP contribution in [0.15, 0.2) is 18.2 Å². The number of amides is 1. The number of carboxylic acid groups (broad SMARTS) is 1. The fourth-order valence-corrected chi connectivity index (χ4v) is 5.63. The zero-order valence-corrected chi connectivity index (χ0v) is 22.5. The summed E-state index contributed by atoms with van der Waals surface area (Å²) in [4.78, 5) is 29.0. The standard InChI is InChI=1S/C29H40N4O4/c1-28(2,37-4)21-12-19(13-22(16-21)29(3)10-11-29)25-31-24(26(34)30-23-14-20(15-23)27(35)36)32-33(25)17-18-8-6-5-7-9-18/h12-13,16,18,20,23H,5-11,14-15,17H2,1-4H3,(H,30,34)(H,35,36). The summed E-state index contributed by atoms with van der Waals surface area (Å²) in [6.07, 6.45) is 9.29. The van der Waals surface area contributed by atoms with Gasteiger partial charge in [-0.25, -0.2) is 9.67 Å². The number of nitrogens with zero attached hydrogens (tertiary/aromatic N) is 3. The number of hydrogen-bond donors (Lipinski definition) is 2. The van der Waals surface area contributed by atoms with Gasteiger partial charge in [0.2, 0.25) is 5.82 Å². The molecule has 5 rings (SSSR count). The predicted octanol–water partition coefficient (Wildman–Crippen LogP) is 5.05. The largest absolute Gasteiger partial charge is 0.481 e. The number of carboxylic acids is 1. The molecule has 2 aromatic rings. The molecule has 37 heavy (non-hydrogen) atoms. The van der Waals surface area contributed by atoms with E-state index in [-0.39, 0.29) is 29.1 Å². The molecule has 8 heteroatoms. The first kappa shape index (κ1) is 25.9. The Morgan fingerprint density at radius 2 is 1.86 bits per heavy atom. The van der Waals surface area contributed by atoms with Crippen LogP contribution in [0.25, 0.3) is 11.4 Å². The molecule has 3 fully saturated rings. The first-order valence-electron chi connectivity index (χ1n) is 13.8. The number of carbonyl (C=O) groups excluding carboxylic acids is 1. The van der Waals surface area contributed by atoms with E-state index in [0.717, 1.165) is 30.5 Å². The van der Waals surface area contributed by atoms with Gasteiger partial charge in [-0.2, -0.15) is 0 Å². The molecule has 8 nitrogen and oxygen atoms in total. The van der Waals surface area contributed by atoms with Gasteiger partial charge < -0.3 is 15.2 Å². The highest BCUT2D eigenvalue weighted by molar-refractivity contribution is 5.91. The second-order valence-corrected chi connectivity index (χ2v) is 12.2. The lowest BCUT2D eigenvalue weighted by atomic mass is 9.80. The number of nitrogens with one attached hydrogen (secondary N) is 1. The Hall–Kier alpha value is -2.74. The number of hydrogen-bond acceptors (Lipinski definition) is 5. The second kappa shape index (κ2) is 9.86. The highest BCUT2D eigenvalue weighted by Crippen LogP contribution is 2.49. The molecule has 200 valence electrons. The summed E-state index contributed by atoms with van der Waals surface area (Å²) in [5, 5.41) is 16.8. The molecule has 0 spiro atoms. The summed E-state index contributed by atoms with van der Waals surface area (Å²) >= 11 is 0. The maximum Gasteiger partial charge on any atom is 0.306 e. The summed E-state index contributed by atoms with van der Waals surface area (Å²) in [6, 6.07) is 6.46. The van der Waals surface area contributed by atoms with E-state index in [1.54, 1.807) is 7.11 Å². The maximum atomic E-state index is 13.1. The minimum atomic E-state index is -0.804. The van der Waals surface area contributed by atoms with Crippen molar-refractivity contribution in [3.63, 3.8) is 0 Å². The molecular formula is C29H40N4O4. The van der Waals surface area contributed by atoms with E-state index in [2.05, 4.69) is 44.3 Å². The van der Waals surface area contributed by atoms with Crippen molar-refractivity contribution >= 4 is 11.9 Å². The van der Waals surface area contributed by atoms with Crippen LogP contribution in [0.3, 0.4) is 0 Å². The van der Waals surface area contributed by atoms with Gasteiger partial charge in [-0.05, 0) is 87.0 Å². The van der Waals surface area contributed by atoms with E-state index in [1.165, 1.54) is 37.7 Å². The summed E-state index contributed by atoms with van der Waals surface area (Å²) in [6.45, 7) is 7.18. The molecular weight excluding hydrogens is 468 g/mol. The smallest absolute Gasteiger partial charge is 0.306 e. The van der Waals surface area contributed by atoms with Crippen molar-refractivity contribution in [1.29, 1.82) is 0 Å². The van der Waals surface area contributed by atoms with E-state index in [0.29, 0.717) is 24.6 Å². The number of carbonyl (C=O) groups is 2. The van der Waals surface area contributed by atoms with Crippen LogP contribution in [0.5, 0.6) is 0 Å². The average Bonchev–Trinajstić information content (AvgIpc) is 3.47. The first-order chi connectivity index (χ1) is 17.6. The van der Waals surface area contributed by atoms with Crippen molar-refractivity contribution in [2.45, 2.75) is 102 Å². The lowest BCUT2D eigenvalue weighted by Crippen LogP contribution is -2.47. The summed E-state index contributed by atoms with van der Waals surface area (Å²) in [5.74, 6) is -0.132. The number of ether oxygens (including phenoxy) is 1. The van der Waals surface area contributed by atoms with E-state index in [1.807, 2.05) is 4.68 Å². The van der Waals surface area contributed by atoms with Crippen LogP contribution in [0.1, 0.15) is 100 Å². The Kier molecular flexibility index (Phi) is 6.90. The van der Waals surface area contributed by atoms with Gasteiger partial charge in [-0.1, -0.05) is 32.3 Å². The number of methoxy groups -OCH3 is 1. The van der Waals surface area contributed by atoms with Crippen LogP contribution in [-0.2, 0) is 27.1 Å². The lowest BCUT2D eigenvalue weighted by Gasteiger charge is -2.32. The first-order valence-corrected chi connectivity index (χ1v) is 13.8. The van der Waals surface area contributed by atoms with Gasteiger partial charge in [0.15, 0.2) is 5.82 Å². The second-order valence-electron chi connectivity index (χ2n) is 12.2. The van der Waals surface area contributed by atoms with Crippen LogP contribution < -0.4 is 5.32 Å². The molecule has 0 aliphatic heterocycles. The van der Waals surface area contributed by atoms with Gasteiger partial charge in [-0.3, -0.25) is 9.59 Å². The van der Waals surface area contributed by atoms with Crippen molar-refractivity contribution in [3.05, 3.63) is 35.2 Å². The third-order valence-corrected chi connectivity index (χ3v) is 8.95. The molecule has 3 aliphatic rings. The fraction of sp³-hybridized carbons (Fsp3) is 0.655. The van der Waals surface area contributed by atoms with E-state index >= 15 is 0 Å². The molecule has 1 amide bonds. The van der Waals surface area contributed by atoms with Crippen LogP contribution in [0.4, 0.5) is 0 Å². The van der Waals surface area contributed by atoms with Crippen molar-refractivity contribution in [2.24, 2.45) is 11.8 Å². The minimum Gasteiger partial charge on any atom is -0.481 e. The van der Waals surface area contributed by atoms with Crippen molar-refractivity contribution < 1.29 is 19.4 Å². The minimum absolute atomic E-state index is 0.144. The van der Waals surface area contributed by atoms with Crippen LogP contribution >= 0.6 is 0 Å². The number of benzene rings is 1. The molecule has 2 N–H and O–H groups in total. The van der Waals surface area contributed by atoms with Crippen molar-refractivity contribution in [3.8, 4) is 11.4 Å². The van der Waals surface area contributed by atoms with Crippen LogP contribution in [0.2, 0.25) is 0 Å². The van der Waals surface area contributed by atoms with Crippen molar-refractivity contribution in [2.75, 3.05) is 7.11 Å². The molecule has 1 aromatic carbocycles. The molecule has 0 bridgehead atoms. The summed E-state index contributed by atoms with van der Waals surface area (Å²) in [5.41, 5.74) is 3.02. The molecule has 1 heterocycles. The highest BCUT2D eigenvalue weighted by atomic mass is 16.5. The molecule has 0 atom stereocenters. The Bertz CT molecular complexity index is 1170. The van der Waals surface area contributed by atoms with Gasteiger partial charge >= 0.3 is 5.97 Å². The number of rotatable bonds is 9. The number of aliphatic carboxylic acids is 1. The van der Waals surface area contributed by atoms with Crippen LogP contribution in [0, 0.1) is 11.8 Å². The Morgan fingerprint density at radius 1 is 1.16 bits per heavy atom. The lowest BCUT2D eigenvalue weighted by molar-refractivity contribution is -0.145. The average molecular weight is 509 g/mol. The Labute approximate surface area is 219 Å². The summed E-state index contributed by atoms with van der Waals surface area (Å²) in [7, 11) is 1.73. The quantitative estimate of drug-likeness (QED) is 0.491. The van der Waals surface area contributed by atoms with Gasteiger partial charge in [-0.15, -0.1) is 5.10 Å². The molecule has 3 saturated carbocycles. The highest BCUT2D eigenvalue weighted by Gasteiger charge is 2.40. The Morgan fingerprint density at radius 3 is 2.49 bits per heavy atom. The molecule has 3 aliphatic carbocycles. The van der Waals surface area contributed by atoms with Crippen LogP contribution in [-0.4, -0.2) is 44.9 Å². The number of aromatic nitrogens is 3. The zero-order chi connectivity index (χ0) is 26.4. The summed E-state index contributed by atoms with van der Waals surface area (Å²) < 4.78 is 7.77. The predicted molar refractivity (Wildman–Crippen MR) is 140 cm³/mol. The topological polar surface area (TPSA) is 106 Å². The SMILES string of the molecule is COC(C)(C)c1cc(-c2nc(C(=O)NC3CC(C(=O)O)C3)nn2CC2CCCCC2)cc(C2(C)CC2)c1. The van der Waals surface area contributed by atoms with Crippen molar-refractivity contribution in [1.82, 2.24) is 20.1 Å². The van der Waals surface area contributed by atoms with Gasteiger partial charge in [0.05, 0.1) is 11.5 Å². The zero-order valence-electron chi connectivity index (χ0n) is 22.5. The molecule has 0 unspecified atom stereocenters. The monoisotopic (exact) mass is 508 g/mol. The third kappa shape index (κ3) is 5.44. The van der Waals surface area contributed by atoms with Gasteiger partial charge in [0.1, 0.15) is 0 Å². The molecule has 0 saturated heterocycles. The normalized spacial score (nSPS) is 23.4. The third-order valence-electron chi connectivity index (χ3n) is 8.95. The molecule has 0 radical (unpaired) electrons. The van der Waals surface area contributed by atoms with E-state index in [9.17, 15) is 9.59 Å². The van der Waals surface area contributed by atoms with E-state index < -0.39 is 11.6 Å². The van der Waals surface area contributed by atoms with E-state index in [4.69, 9.17) is 19.9 Å². The van der Waals surface area contributed by atoms with Gasteiger partial charge in [0.25, 0.3) is 5.91 Å². The Balaban J connectivity index is 1.49. The molecule has 1 aromatic heterocycles.